The second-order valence-corrected chi connectivity index (χ2v) is 7.15. The van der Waals surface area contributed by atoms with Gasteiger partial charge < -0.3 is 14.7 Å². The minimum atomic E-state index is -0.723. The Balaban J connectivity index is 1.83. The van der Waals surface area contributed by atoms with E-state index in [0.717, 1.165) is 5.56 Å². The third kappa shape index (κ3) is 4.05. The molecule has 31 heavy (non-hydrogen) atoms. The largest absolute Gasteiger partial charge is 0.507 e. The number of nitrogens with zero attached hydrogens (tertiary/aromatic N) is 2. The Bertz CT molecular complexity index is 1130. The summed E-state index contributed by atoms with van der Waals surface area (Å²) < 4.78 is 5.51. The third-order valence-corrected chi connectivity index (χ3v) is 5.18. The van der Waals surface area contributed by atoms with Gasteiger partial charge in [-0.1, -0.05) is 42.5 Å². The second-order valence-electron chi connectivity index (χ2n) is 7.15. The molecular formula is C25H22N2O4. The highest BCUT2D eigenvalue weighted by Crippen LogP contribution is 2.40. The van der Waals surface area contributed by atoms with Gasteiger partial charge in [0.05, 0.1) is 18.2 Å². The lowest BCUT2D eigenvalue weighted by Crippen LogP contribution is -2.29. The molecule has 0 bridgehead atoms. The SMILES string of the molecule is CCOc1cccc(/C(O)=C2\C(=O)C(=O)N(Cc3ccccc3)C2c2ccncc2)c1. The van der Waals surface area contributed by atoms with Gasteiger partial charge in [0.25, 0.3) is 11.7 Å². The first-order valence-electron chi connectivity index (χ1n) is 10.1. The van der Waals surface area contributed by atoms with Crippen molar-refractivity contribution in [3.63, 3.8) is 0 Å². The number of aliphatic hydroxyl groups is 1. The van der Waals surface area contributed by atoms with Gasteiger partial charge in [-0.15, -0.1) is 0 Å². The number of Topliss-reactive ketones (excluding diaryl/α,β-unsaturated/α-hetero) is 1. The fraction of sp³-hybridized carbons (Fsp3) is 0.160. The van der Waals surface area contributed by atoms with Gasteiger partial charge >= 0.3 is 0 Å². The molecule has 0 saturated carbocycles. The van der Waals surface area contributed by atoms with Gasteiger partial charge in [0.1, 0.15) is 11.5 Å². The van der Waals surface area contributed by atoms with Gasteiger partial charge in [-0.25, -0.2) is 0 Å². The minimum Gasteiger partial charge on any atom is -0.507 e. The zero-order valence-electron chi connectivity index (χ0n) is 17.1. The van der Waals surface area contributed by atoms with Crippen LogP contribution in [-0.2, 0) is 16.1 Å². The fourth-order valence-corrected chi connectivity index (χ4v) is 3.77. The summed E-state index contributed by atoms with van der Waals surface area (Å²) in [5, 5.41) is 11.1. The van der Waals surface area contributed by atoms with E-state index in [0.29, 0.717) is 23.5 Å². The van der Waals surface area contributed by atoms with E-state index >= 15 is 0 Å². The van der Waals surface area contributed by atoms with Crippen LogP contribution in [0, 0.1) is 0 Å². The summed E-state index contributed by atoms with van der Waals surface area (Å²) in [6, 6.07) is 19.1. The lowest BCUT2D eigenvalue weighted by atomic mass is 9.95. The number of pyridine rings is 1. The fourth-order valence-electron chi connectivity index (χ4n) is 3.77. The van der Waals surface area contributed by atoms with E-state index in [1.165, 1.54) is 4.90 Å². The minimum absolute atomic E-state index is 0.0563. The van der Waals surface area contributed by atoms with Crippen LogP contribution in [-0.4, -0.2) is 33.3 Å². The number of aliphatic hydroxyl groups excluding tert-OH is 1. The maximum Gasteiger partial charge on any atom is 0.295 e. The molecule has 1 fully saturated rings. The van der Waals surface area contributed by atoms with Crippen molar-refractivity contribution in [2.24, 2.45) is 0 Å². The van der Waals surface area contributed by atoms with Crippen LogP contribution in [0.4, 0.5) is 0 Å². The van der Waals surface area contributed by atoms with Crippen molar-refractivity contribution in [1.82, 2.24) is 9.88 Å². The summed E-state index contributed by atoms with van der Waals surface area (Å²) in [4.78, 5) is 31.6. The first kappa shape index (κ1) is 20.3. The summed E-state index contributed by atoms with van der Waals surface area (Å²) in [6.45, 7) is 2.59. The van der Waals surface area contributed by atoms with Crippen molar-refractivity contribution in [3.8, 4) is 5.75 Å². The smallest absolute Gasteiger partial charge is 0.295 e. The number of benzene rings is 2. The quantitative estimate of drug-likeness (QED) is 0.373. The van der Waals surface area contributed by atoms with Crippen LogP contribution >= 0.6 is 0 Å². The van der Waals surface area contributed by atoms with Crippen molar-refractivity contribution in [2.75, 3.05) is 6.61 Å². The number of hydrogen-bond acceptors (Lipinski definition) is 5. The Labute approximate surface area is 180 Å². The van der Waals surface area contributed by atoms with Crippen LogP contribution in [0.25, 0.3) is 5.76 Å². The highest BCUT2D eigenvalue weighted by atomic mass is 16.5. The molecule has 2 aromatic carbocycles. The van der Waals surface area contributed by atoms with Gasteiger partial charge in [-0.3, -0.25) is 14.6 Å². The predicted molar refractivity (Wildman–Crippen MR) is 116 cm³/mol. The molecule has 1 atom stereocenters. The standard InChI is InChI=1S/C25H22N2O4/c1-2-31-20-10-6-9-19(15-20)23(28)21-22(18-11-13-26-14-12-18)27(25(30)24(21)29)16-17-7-4-3-5-8-17/h3-15,22,28H,2,16H2,1H3/b23-21+. The molecule has 156 valence electrons. The van der Waals surface area contributed by atoms with Crippen molar-refractivity contribution >= 4 is 17.4 Å². The highest BCUT2D eigenvalue weighted by molar-refractivity contribution is 6.46. The van der Waals surface area contributed by atoms with Gasteiger partial charge in [0.15, 0.2) is 0 Å². The molecule has 1 aliphatic heterocycles. The van der Waals surface area contributed by atoms with E-state index in [-0.39, 0.29) is 17.9 Å². The highest BCUT2D eigenvalue weighted by Gasteiger charge is 2.46. The summed E-state index contributed by atoms with van der Waals surface area (Å²) in [5.41, 5.74) is 2.07. The maximum atomic E-state index is 13.1. The Morgan fingerprint density at radius 2 is 1.77 bits per heavy atom. The Morgan fingerprint density at radius 1 is 1.03 bits per heavy atom. The van der Waals surface area contributed by atoms with Gasteiger partial charge in [0.2, 0.25) is 0 Å². The van der Waals surface area contributed by atoms with Crippen LogP contribution < -0.4 is 4.74 Å². The van der Waals surface area contributed by atoms with Crippen LogP contribution in [0.1, 0.15) is 29.7 Å². The lowest BCUT2D eigenvalue weighted by Gasteiger charge is -2.25. The number of carbonyl (C=O) groups excluding carboxylic acids is 2. The third-order valence-electron chi connectivity index (χ3n) is 5.18. The van der Waals surface area contributed by atoms with Crippen LogP contribution in [0.15, 0.2) is 84.7 Å². The molecule has 2 heterocycles. The predicted octanol–water partition coefficient (Wildman–Crippen LogP) is 4.10. The zero-order chi connectivity index (χ0) is 21.8. The van der Waals surface area contributed by atoms with Crippen LogP contribution in [0.5, 0.6) is 5.75 Å². The molecule has 1 aromatic heterocycles. The summed E-state index contributed by atoms with van der Waals surface area (Å²) in [5.74, 6) is -1.01. The number of rotatable bonds is 6. The topological polar surface area (TPSA) is 79.7 Å². The molecule has 6 nitrogen and oxygen atoms in total. The number of carbonyl (C=O) groups is 2. The maximum absolute atomic E-state index is 13.1. The molecule has 1 aliphatic rings. The Morgan fingerprint density at radius 3 is 2.48 bits per heavy atom. The van der Waals surface area contributed by atoms with E-state index < -0.39 is 17.7 Å². The van der Waals surface area contributed by atoms with E-state index in [1.807, 2.05) is 37.3 Å². The molecule has 1 N–H and O–H groups in total. The summed E-state index contributed by atoms with van der Waals surface area (Å²) in [7, 11) is 0. The van der Waals surface area contributed by atoms with Crippen molar-refractivity contribution in [1.29, 1.82) is 0 Å². The number of aromatic nitrogens is 1. The number of likely N-dealkylation sites (tertiary alicyclic amines) is 1. The van der Waals surface area contributed by atoms with Crippen molar-refractivity contribution in [2.45, 2.75) is 19.5 Å². The average molecular weight is 414 g/mol. The first-order valence-corrected chi connectivity index (χ1v) is 10.1. The molecule has 0 radical (unpaired) electrons. The van der Waals surface area contributed by atoms with Gasteiger partial charge in [0, 0.05) is 24.5 Å². The molecule has 1 amide bonds. The molecule has 6 heteroatoms. The van der Waals surface area contributed by atoms with Gasteiger partial charge in [-0.2, -0.15) is 0 Å². The number of amides is 1. The van der Waals surface area contributed by atoms with Crippen molar-refractivity contribution in [3.05, 3.63) is 101 Å². The molecule has 0 spiro atoms. The normalized spacial score (nSPS) is 17.7. The molecule has 3 aromatic rings. The zero-order valence-corrected chi connectivity index (χ0v) is 17.1. The Kier molecular flexibility index (Phi) is 5.80. The number of ether oxygens (including phenoxy) is 1. The van der Waals surface area contributed by atoms with E-state index in [9.17, 15) is 14.7 Å². The van der Waals surface area contributed by atoms with Crippen LogP contribution in [0.3, 0.4) is 0 Å². The lowest BCUT2D eigenvalue weighted by molar-refractivity contribution is -0.140. The molecule has 4 rings (SSSR count). The first-order chi connectivity index (χ1) is 15.1. The molecule has 0 aliphatic carbocycles. The summed E-state index contributed by atoms with van der Waals surface area (Å²) >= 11 is 0. The number of ketones is 1. The average Bonchev–Trinajstić information content (AvgIpc) is 3.05. The second kappa shape index (κ2) is 8.83. The van der Waals surface area contributed by atoms with E-state index in [2.05, 4.69) is 4.98 Å². The number of hydrogen-bond donors (Lipinski definition) is 1. The summed E-state index contributed by atoms with van der Waals surface area (Å²) in [6.07, 6.45) is 3.21. The monoisotopic (exact) mass is 414 g/mol. The van der Waals surface area contributed by atoms with E-state index in [1.54, 1.807) is 48.8 Å². The van der Waals surface area contributed by atoms with Crippen molar-refractivity contribution < 1.29 is 19.4 Å². The molecule has 1 saturated heterocycles. The van der Waals surface area contributed by atoms with E-state index in [4.69, 9.17) is 4.74 Å². The molecule has 1 unspecified atom stereocenters. The van der Waals surface area contributed by atoms with Gasteiger partial charge in [-0.05, 0) is 42.3 Å². The Hall–Kier alpha value is -3.93. The van der Waals surface area contributed by atoms with Crippen LogP contribution in [0.2, 0.25) is 0 Å². The molecular weight excluding hydrogens is 392 g/mol.